The van der Waals surface area contributed by atoms with Gasteiger partial charge in [0.25, 0.3) is 0 Å². The minimum absolute atomic E-state index is 0.701. The molecule has 1 fully saturated rings. The van der Waals surface area contributed by atoms with Crippen LogP contribution in [0.3, 0.4) is 0 Å². The average Bonchev–Trinajstić information content (AvgIpc) is 2.28. The minimum Gasteiger partial charge on any atom is -0.385 e. The number of benzene rings is 1. The summed E-state index contributed by atoms with van der Waals surface area (Å²) in [6, 6.07) is 7.49. The molecule has 1 atom stereocenters. The van der Waals surface area contributed by atoms with Gasteiger partial charge in [0.1, 0.15) is 0 Å². The van der Waals surface area contributed by atoms with Crippen LogP contribution in [0, 0.1) is 6.92 Å². The van der Waals surface area contributed by atoms with E-state index in [1.165, 1.54) is 42.5 Å². The van der Waals surface area contributed by atoms with Gasteiger partial charge in [0, 0.05) is 30.7 Å². The Labute approximate surface area is 104 Å². The third-order valence-electron chi connectivity index (χ3n) is 4.30. The Morgan fingerprint density at radius 2 is 2.18 bits per heavy atom. The lowest BCUT2D eigenvalue weighted by Gasteiger charge is -2.32. The molecule has 0 spiro atoms. The van der Waals surface area contributed by atoms with Crippen LogP contribution in [0.5, 0.6) is 0 Å². The zero-order valence-corrected chi connectivity index (χ0v) is 10.6. The lowest BCUT2D eigenvalue weighted by atomic mass is 9.87. The van der Waals surface area contributed by atoms with Gasteiger partial charge in [-0.2, -0.15) is 0 Å². The standard InChI is InChI=1S/C15H22N2/c1-11-4-2-7-14-12(8-9-16-15(11)14)10-17-13-5-3-6-13/h2,4,7,12-13,16-17H,3,5-6,8-10H2,1H3. The normalized spacial score (nSPS) is 23.7. The molecule has 17 heavy (non-hydrogen) atoms. The van der Waals surface area contributed by atoms with Gasteiger partial charge in [-0.05, 0) is 37.3 Å². The van der Waals surface area contributed by atoms with Gasteiger partial charge in [0.05, 0.1) is 0 Å². The SMILES string of the molecule is Cc1cccc2c1NCCC2CNC1CCC1. The van der Waals surface area contributed by atoms with Crippen LogP contribution in [-0.2, 0) is 0 Å². The number of hydrogen-bond donors (Lipinski definition) is 2. The van der Waals surface area contributed by atoms with E-state index in [0.29, 0.717) is 5.92 Å². The summed E-state index contributed by atoms with van der Waals surface area (Å²) in [7, 11) is 0. The van der Waals surface area contributed by atoms with Crippen molar-refractivity contribution in [2.45, 2.75) is 44.6 Å². The predicted octanol–water partition coefficient (Wildman–Crippen LogP) is 3.04. The molecule has 0 saturated heterocycles. The van der Waals surface area contributed by atoms with E-state index in [4.69, 9.17) is 0 Å². The van der Waals surface area contributed by atoms with Gasteiger partial charge in [-0.25, -0.2) is 0 Å². The van der Waals surface area contributed by atoms with E-state index in [1.54, 1.807) is 0 Å². The molecule has 1 saturated carbocycles. The zero-order chi connectivity index (χ0) is 11.7. The van der Waals surface area contributed by atoms with Crippen LogP contribution in [0.25, 0.3) is 0 Å². The molecule has 0 aromatic heterocycles. The van der Waals surface area contributed by atoms with E-state index in [-0.39, 0.29) is 0 Å². The molecule has 0 radical (unpaired) electrons. The van der Waals surface area contributed by atoms with Crippen molar-refractivity contribution in [2.75, 3.05) is 18.4 Å². The molecule has 2 N–H and O–H groups in total. The van der Waals surface area contributed by atoms with Crippen molar-refractivity contribution < 1.29 is 0 Å². The highest BCUT2D eigenvalue weighted by atomic mass is 14.9. The van der Waals surface area contributed by atoms with Gasteiger partial charge < -0.3 is 10.6 Å². The summed E-state index contributed by atoms with van der Waals surface area (Å²) in [5.74, 6) is 0.701. The Bertz CT molecular complexity index is 396. The number of aryl methyl sites for hydroxylation is 1. The Hall–Kier alpha value is -1.02. The van der Waals surface area contributed by atoms with E-state index in [2.05, 4.69) is 35.8 Å². The van der Waals surface area contributed by atoms with Gasteiger partial charge in [-0.15, -0.1) is 0 Å². The fraction of sp³-hybridized carbons (Fsp3) is 0.600. The summed E-state index contributed by atoms with van der Waals surface area (Å²) in [6.45, 7) is 4.48. The smallest absolute Gasteiger partial charge is 0.0405 e. The molecule has 1 aliphatic heterocycles. The molecule has 1 aromatic carbocycles. The first-order chi connectivity index (χ1) is 8.34. The number of anilines is 1. The van der Waals surface area contributed by atoms with Crippen molar-refractivity contribution in [3.8, 4) is 0 Å². The molecule has 3 rings (SSSR count). The number of rotatable bonds is 3. The van der Waals surface area contributed by atoms with Crippen molar-refractivity contribution in [3.63, 3.8) is 0 Å². The number of para-hydroxylation sites is 1. The zero-order valence-electron chi connectivity index (χ0n) is 10.6. The maximum Gasteiger partial charge on any atom is 0.0405 e. The van der Waals surface area contributed by atoms with E-state index in [9.17, 15) is 0 Å². The molecule has 1 aliphatic carbocycles. The van der Waals surface area contributed by atoms with E-state index >= 15 is 0 Å². The second-order valence-corrected chi connectivity index (χ2v) is 5.49. The maximum atomic E-state index is 3.72. The van der Waals surface area contributed by atoms with Gasteiger partial charge in [0.15, 0.2) is 0 Å². The predicted molar refractivity (Wildman–Crippen MR) is 72.7 cm³/mol. The molecule has 2 aliphatic rings. The summed E-state index contributed by atoms with van der Waals surface area (Å²) in [5.41, 5.74) is 4.29. The second-order valence-electron chi connectivity index (χ2n) is 5.49. The summed E-state index contributed by atoms with van der Waals surface area (Å²) >= 11 is 0. The van der Waals surface area contributed by atoms with Crippen LogP contribution >= 0.6 is 0 Å². The van der Waals surface area contributed by atoms with Gasteiger partial charge in [-0.1, -0.05) is 24.6 Å². The van der Waals surface area contributed by atoms with Crippen LogP contribution in [0.15, 0.2) is 18.2 Å². The van der Waals surface area contributed by atoms with Gasteiger partial charge >= 0.3 is 0 Å². The minimum atomic E-state index is 0.701. The summed E-state index contributed by atoms with van der Waals surface area (Å²) in [6.07, 6.45) is 5.44. The molecule has 0 amide bonds. The Kier molecular flexibility index (Phi) is 3.06. The van der Waals surface area contributed by atoms with Crippen LogP contribution in [-0.4, -0.2) is 19.1 Å². The van der Waals surface area contributed by atoms with E-state index in [0.717, 1.165) is 19.1 Å². The number of fused-ring (bicyclic) bond motifs is 1. The van der Waals surface area contributed by atoms with Gasteiger partial charge in [0.2, 0.25) is 0 Å². The first-order valence-electron chi connectivity index (χ1n) is 6.91. The lowest BCUT2D eigenvalue weighted by molar-refractivity contribution is 0.329. The lowest BCUT2D eigenvalue weighted by Crippen LogP contribution is -2.38. The molecule has 1 heterocycles. The number of nitrogens with one attached hydrogen (secondary N) is 2. The highest BCUT2D eigenvalue weighted by Crippen LogP contribution is 2.33. The number of hydrogen-bond acceptors (Lipinski definition) is 2. The molecule has 92 valence electrons. The molecule has 0 bridgehead atoms. The first kappa shape index (κ1) is 11.1. The Morgan fingerprint density at radius 3 is 2.94 bits per heavy atom. The summed E-state index contributed by atoms with van der Waals surface area (Å²) in [4.78, 5) is 0. The molecule has 1 aromatic rings. The largest absolute Gasteiger partial charge is 0.385 e. The van der Waals surface area contributed by atoms with Crippen molar-refractivity contribution >= 4 is 5.69 Å². The summed E-state index contributed by atoms with van der Waals surface area (Å²) in [5, 5.41) is 7.27. The molecule has 2 nitrogen and oxygen atoms in total. The Morgan fingerprint density at radius 1 is 1.29 bits per heavy atom. The highest BCUT2D eigenvalue weighted by molar-refractivity contribution is 5.60. The second kappa shape index (κ2) is 4.69. The monoisotopic (exact) mass is 230 g/mol. The first-order valence-corrected chi connectivity index (χ1v) is 6.91. The van der Waals surface area contributed by atoms with E-state index < -0.39 is 0 Å². The van der Waals surface area contributed by atoms with Crippen molar-refractivity contribution in [1.29, 1.82) is 0 Å². The fourth-order valence-corrected chi connectivity index (χ4v) is 2.93. The van der Waals surface area contributed by atoms with Gasteiger partial charge in [-0.3, -0.25) is 0 Å². The third-order valence-corrected chi connectivity index (χ3v) is 4.30. The third kappa shape index (κ3) is 2.19. The molecule has 1 unspecified atom stereocenters. The molecular formula is C15H22N2. The average molecular weight is 230 g/mol. The van der Waals surface area contributed by atoms with Crippen molar-refractivity contribution in [3.05, 3.63) is 29.3 Å². The quantitative estimate of drug-likeness (QED) is 0.834. The molecular weight excluding hydrogens is 208 g/mol. The Balaban J connectivity index is 1.72. The van der Waals surface area contributed by atoms with Crippen LogP contribution in [0.1, 0.15) is 42.7 Å². The van der Waals surface area contributed by atoms with E-state index in [1.807, 2.05) is 0 Å². The van der Waals surface area contributed by atoms with Crippen LogP contribution in [0.4, 0.5) is 5.69 Å². The highest BCUT2D eigenvalue weighted by Gasteiger charge is 2.23. The topological polar surface area (TPSA) is 24.1 Å². The maximum absolute atomic E-state index is 3.72. The summed E-state index contributed by atoms with van der Waals surface area (Å²) < 4.78 is 0. The van der Waals surface area contributed by atoms with Crippen molar-refractivity contribution in [1.82, 2.24) is 5.32 Å². The fourth-order valence-electron chi connectivity index (χ4n) is 2.93. The van der Waals surface area contributed by atoms with Crippen LogP contribution in [0.2, 0.25) is 0 Å². The van der Waals surface area contributed by atoms with Crippen molar-refractivity contribution in [2.24, 2.45) is 0 Å². The van der Waals surface area contributed by atoms with Crippen LogP contribution < -0.4 is 10.6 Å². The molecule has 2 heteroatoms.